The lowest BCUT2D eigenvalue weighted by Crippen LogP contribution is -2.50. The number of carboxylic acids is 1. The predicted molar refractivity (Wildman–Crippen MR) is 161 cm³/mol. The van der Waals surface area contributed by atoms with E-state index in [0.717, 1.165) is 46.7 Å². The second-order valence-corrected chi connectivity index (χ2v) is 11.5. The molecule has 5 aromatic rings. The van der Waals surface area contributed by atoms with E-state index in [9.17, 15) is 14.7 Å². The van der Waals surface area contributed by atoms with Crippen LogP contribution in [0.1, 0.15) is 36.8 Å². The minimum Gasteiger partial charge on any atom is -0.478 e. The van der Waals surface area contributed by atoms with E-state index >= 15 is 0 Å². The summed E-state index contributed by atoms with van der Waals surface area (Å²) in [6, 6.07) is 19.1. The summed E-state index contributed by atoms with van der Waals surface area (Å²) in [7, 11) is 0. The van der Waals surface area contributed by atoms with Gasteiger partial charge in [-0.3, -0.25) is 0 Å². The predicted octanol–water partition coefficient (Wildman–Crippen LogP) is 5.68. The first-order chi connectivity index (χ1) is 20.1. The third-order valence-corrected chi connectivity index (χ3v) is 7.35. The molecule has 214 valence electrons. The quantitative estimate of drug-likeness (QED) is 0.297. The highest BCUT2D eigenvalue weighted by Gasteiger charge is 2.26. The van der Waals surface area contributed by atoms with Gasteiger partial charge in [-0.15, -0.1) is 0 Å². The summed E-state index contributed by atoms with van der Waals surface area (Å²) in [6.45, 7) is 10.3. The van der Waals surface area contributed by atoms with Crippen molar-refractivity contribution in [1.29, 1.82) is 0 Å². The number of rotatable bonds is 4. The molecule has 6 rings (SSSR count). The van der Waals surface area contributed by atoms with Crippen molar-refractivity contribution in [3.63, 3.8) is 0 Å². The first-order valence-corrected chi connectivity index (χ1v) is 13.9. The molecule has 10 nitrogen and oxygen atoms in total. The smallest absolute Gasteiger partial charge is 0.410 e. The normalized spacial score (nSPS) is 14.0. The Balaban J connectivity index is 1.21. The third-order valence-electron chi connectivity index (χ3n) is 7.35. The number of hydrogen-bond donors (Lipinski definition) is 1. The van der Waals surface area contributed by atoms with Gasteiger partial charge in [0.15, 0.2) is 5.65 Å². The molecule has 1 saturated heterocycles. The Kier molecular flexibility index (Phi) is 6.76. The number of aromatic carboxylic acids is 1. The molecule has 1 amide bonds. The maximum absolute atomic E-state index is 12.4. The minimum atomic E-state index is -0.988. The molecule has 10 heteroatoms. The van der Waals surface area contributed by atoms with Crippen LogP contribution in [0.15, 0.2) is 66.9 Å². The number of imidazole rings is 1. The SMILES string of the molecule is Cc1nn2c(-c3ccc4ccc(C(=O)O)cc4n3)cnc2cc1-c1ccc(N2CCN(C(=O)OC(C)(C)C)CC2)cc1. The molecule has 42 heavy (non-hydrogen) atoms. The monoisotopic (exact) mass is 564 g/mol. The van der Waals surface area contributed by atoms with Crippen LogP contribution < -0.4 is 4.90 Å². The second-order valence-electron chi connectivity index (χ2n) is 11.5. The Morgan fingerprint density at radius 1 is 0.929 bits per heavy atom. The van der Waals surface area contributed by atoms with Crippen LogP contribution >= 0.6 is 0 Å². The number of amides is 1. The van der Waals surface area contributed by atoms with Crippen molar-refractivity contribution >= 4 is 34.3 Å². The Morgan fingerprint density at radius 2 is 1.64 bits per heavy atom. The van der Waals surface area contributed by atoms with E-state index in [1.807, 2.05) is 45.9 Å². The number of carbonyl (C=O) groups excluding carboxylic acids is 1. The highest BCUT2D eigenvalue weighted by atomic mass is 16.6. The van der Waals surface area contributed by atoms with Crippen molar-refractivity contribution in [1.82, 2.24) is 24.5 Å². The van der Waals surface area contributed by atoms with Gasteiger partial charge in [-0.1, -0.05) is 24.3 Å². The number of anilines is 1. The van der Waals surface area contributed by atoms with E-state index < -0.39 is 11.6 Å². The molecule has 0 radical (unpaired) electrons. The summed E-state index contributed by atoms with van der Waals surface area (Å²) >= 11 is 0. The topological polar surface area (TPSA) is 113 Å². The van der Waals surface area contributed by atoms with Crippen molar-refractivity contribution in [2.75, 3.05) is 31.1 Å². The van der Waals surface area contributed by atoms with Gasteiger partial charge in [-0.25, -0.2) is 24.1 Å². The molecule has 1 aliphatic rings. The van der Waals surface area contributed by atoms with Gasteiger partial charge in [-0.05, 0) is 69.7 Å². The van der Waals surface area contributed by atoms with E-state index in [-0.39, 0.29) is 11.7 Å². The Labute approximate surface area is 243 Å². The van der Waals surface area contributed by atoms with E-state index in [0.29, 0.717) is 29.9 Å². The molecule has 1 aliphatic heterocycles. The van der Waals surface area contributed by atoms with E-state index in [1.165, 1.54) is 0 Å². The van der Waals surface area contributed by atoms with Crippen molar-refractivity contribution in [2.45, 2.75) is 33.3 Å². The van der Waals surface area contributed by atoms with Crippen LogP contribution in [0, 0.1) is 6.92 Å². The average molecular weight is 565 g/mol. The number of pyridine rings is 1. The van der Waals surface area contributed by atoms with Gasteiger partial charge in [0.2, 0.25) is 0 Å². The molecule has 3 aromatic heterocycles. The first kappa shape index (κ1) is 27.2. The molecule has 4 heterocycles. The van der Waals surface area contributed by atoms with Crippen LogP contribution in [0.3, 0.4) is 0 Å². The Hall–Kier alpha value is -4.99. The number of fused-ring (bicyclic) bond motifs is 2. The van der Waals surface area contributed by atoms with Crippen LogP contribution in [0.5, 0.6) is 0 Å². The van der Waals surface area contributed by atoms with Crippen molar-refractivity contribution in [3.8, 4) is 22.5 Å². The molecule has 0 saturated carbocycles. The molecule has 0 spiro atoms. The summed E-state index contributed by atoms with van der Waals surface area (Å²) in [4.78, 5) is 37.2. The number of aromatic nitrogens is 4. The number of hydrogen-bond acceptors (Lipinski definition) is 7. The van der Waals surface area contributed by atoms with Gasteiger partial charge in [0.25, 0.3) is 0 Å². The molecule has 0 bridgehead atoms. The summed E-state index contributed by atoms with van der Waals surface area (Å²) in [5.74, 6) is -0.988. The summed E-state index contributed by atoms with van der Waals surface area (Å²) < 4.78 is 7.28. The van der Waals surface area contributed by atoms with Gasteiger partial charge in [0.1, 0.15) is 11.3 Å². The minimum absolute atomic E-state index is 0.193. The zero-order valence-corrected chi connectivity index (χ0v) is 24.0. The van der Waals surface area contributed by atoms with Crippen molar-refractivity contribution < 1.29 is 19.4 Å². The summed E-state index contributed by atoms with van der Waals surface area (Å²) in [5, 5.41) is 15.1. The summed E-state index contributed by atoms with van der Waals surface area (Å²) in [5.41, 5.74) is 6.33. The lowest BCUT2D eigenvalue weighted by molar-refractivity contribution is 0.0240. The zero-order valence-electron chi connectivity index (χ0n) is 24.0. The second kappa shape index (κ2) is 10.4. The highest BCUT2D eigenvalue weighted by Crippen LogP contribution is 2.29. The van der Waals surface area contributed by atoms with Crippen LogP contribution in [0.4, 0.5) is 10.5 Å². The van der Waals surface area contributed by atoms with Crippen LogP contribution in [-0.4, -0.2) is 73.4 Å². The van der Waals surface area contributed by atoms with Gasteiger partial charge < -0.3 is 19.6 Å². The summed E-state index contributed by atoms with van der Waals surface area (Å²) in [6.07, 6.45) is 1.47. The highest BCUT2D eigenvalue weighted by molar-refractivity contribution is 5.93. The van der Waals surface area contributed by atoms with E-state index in [2.05, 4.69) is 34.1 Å². The number of ether oxygens (including phenoxy) is 1. The number of aryl methyl sites for hydroxylation is 1. The van der Waals surface area contributed by atoms with Crippen LogP contribution in [0.2, 0.25) is 0 Å². The number of carbonyl (C=O) groups is 2. The van der Waals surface area contributed by atoms with Gasteiger partial charge in [0, 0.05) is 42.8 Å². The average Bonchev–Trinajstić information content (AvgIpc) is 3.38. The largest absolute Gasteiger partial charge is 0.478 e. The molecule has 0 unspecified atom stereocenters. The standard InChI is InChI=1S/C32H32N6O4/c1-20-25(21-7-10-24(11-8-21)36-13-15-37(16-14-36)31(41)42-32(2,3)4)18-29-33-19-28(38(29)35-20)26-12-9-22-5-6-23(30(39)40)17-27(22)34-26/h5-12,17-19H,13-16H2,1-4H3,(H,39,40). The molecular weight excluding hydrogens is 532 g/mol. The first-order valence-electron chi connectivity index (χ1n) is 13.9. The fraction of sp³-hybridized carbons (Fsp3) is 0.281. The third kappa shape index (κ3) is 5.35. The molecular formula is C32H32N6O4. The fourth-order valence-corrected chi connectivity index (χ4v) is 5.19. The maximum atomic E-state index is 12.4. The number of carboxylic acid groups (broad SMARTS) is 1. The Bertz CT molecular complexity index is 1820. The van der Waals surface area contributed by atoms with Crippen molar-refractivity contribution in [3.05, 3.63) is 78.1 Å². The molecule has 0 atom stereocenters. The molecule has 1 fully saturated rings. The zero-order chi connectivity index (χ0) is 29.6. The number of piperazine rings is 1. The lowest BCUT2D eigenvalue weighted by atomic mass is 10.0. The lowest BCUT2D eigenvalue weighted by Gasteiger charge is -2.36. The van der Waals surface area contributed by atoms with Crippen LogP contribution in [0.25, 0.3) is 39.1 Å². The van der Waals surface area contributed by atoms with Gasteiger partial charge >= 0.3 is 12.1 Å². The van der Waals surface area contributed by atoms with E-state index in [4.69, 9.17) is 14.8 Å². The Morgan fingerprint density at radius 3 is 2.33 bits per heavy atom. The van der Waals surface area contributed by atoms with Crippen LogP contribution in [-0.2, 0) is 4.74 Å². The fourth-order valence-electron chi connectivity index (χ4n) is 5.19. The van der Waals surface area contributed by atoms with Crippen molar-refractivity contribution in [2.24, 2.45) is 0 Å². The molecule has 1 N–H and O–H groups in total. The van der Waals surface area contributed by atoms with Gasteiger partial charge in [0.05, 0.1) is 28.7 Å². The maximum Gasteiger partial charge on any atom is 0.410 e. The number of benzene rings is 2. The van der Waals surface area contributed by atoms with E-state index in [1.54, 1.807) is 33.8 Å². The number of nitrogens with zero attached hydrogens (tertiary/aromatic N) is 6. The molecule has 0 aliphatic carbocycles. The molecule has 2 aromatic carbocycles. The van der Waals surface area contributed by atoms with Gasteiger partial charge in [-0.2, -0.15) is 5.10 Å².